The highest BCUT2D eigenvalue weighted by Gasteiger charge is 2.06. The molecule has 0 N–H and O–H groups in total. The molecule has 0 spiro atoms. The predicted molar refractivity (Wildman–Crippen MR) is 61.4 cm³/mol. The van der Waals surface area contributed by atoms with Crippen molar-refractivity contribution in [3.05, 3.63) is 42.0 Å². The number of carbonyl (C=O) groups is 1. The molecule has 15 heavy (non-hydrogen) atoms. The van der Waals surface area contributed by atoms with Crippen LogP contribution >= 0.6 is 0 Å². The van der Waals surface area contributed by atoms with Crippen LogP contribution in [-0.4, -0.2) is 12.4 Å². The lowest BCUT2D eigenvalue weighted by Gasteiger charge is -2.06. The molecule has 0 aliphatic heterocycles. The molecule has 0 atom stereocenters. The van der Waals surface area contributed by atoms with E-state index in [2.05, 4.69) is 6.58 Å². The first kappa shape index (κ1) is 11.5. The molecule has 0 aliphatic rings. The van der Waals surface area contributed by atoms with Gasteiger partial charge in [0.05, 0.1) is 6.61 Å². The van der Waals surface area contributed by atoms with Gasteiger partial charge in [-0.05, 0) is 31.1 Å². The molecular formula is C13H16O2. The summed E-state index contributed by atoms with van der Waals surface area (Å²) in [7, 11) is 0. The minimum Gasteiger partial charge on any atom is -0.494 e. The molecular weight excluding hydrogens is 188 g/mol. The van der Waals surface area contributed by atoms with Crippen LogP contribution in [0.4, 0.5) is 0 Å². The minimum absolute atomic E-state index is 0.0306. The Morgan fingerprint density at radius 3 is 2.80 bits per heavy atom. The van der Waals surface area contributed by atoms with E-state index < -0.39 is 0 Å². The molecule has 80 valence electrons. The monoisotopic (exact) mass is 204 g/mol. The van der Waals surface area contributed by atoms with Gasteiger partial charge in [-0.15, -0.1) is 0 Å². The zero-order valence-electron chi connectivity index (χ0n) is 9.25. The standard InChI is InChI=1S/C13H16O2/c1-4-8-15-12-7-5-6-11(9-12)13(14)10(2)3/h5-7,9H,2,4,8H2,1,3H3. The van der Waals surface area contributed by atoms with Crippen molar-refractivity contribution in [3.8, 4) is 5.75 Å². The van der Waals surface area contributed by atoms with E-state index in [9.17, 15) is 4.79 Å². The Kier molecular flexibility index (Phi) is 4.10. The highest BCUT2D eigenvalue weighted by molar-refractivity contribution is 6.08. The van der Waals surface area contributed by atoms with Crippen molar-refractivity contribution < 1.29 is 9.53 Å². The fourth-order valence-electron chi connectivity index (χ4n) is 1.19. The Balaban J connectivity index is 2.82. The van der Waals surface area contributed by atoms with Crippen LogP contribution in [0.15, 0.2) is 36.4 Å². The van der Waals surface area contributed by atoms with Gasteiger partial charge in [-0.2, -0.15) is 0 Å². The van der Waals surface area contributed by atoms with Crippen LogP contribution in [0, 0.1) is 0 Å². The molecule has 1 aromatic carbocycles. The summed E-state index contributed by atoms with van der Waals surface area (Å²) in [6.45, 7) is 8.06. The molecule has 0 saturated heterocycles. The van der Waals surface area contributed by atoms with Crippen LogP contribution < -0.4 is 4.74 Å². The number of benzene rings is 1. The van der Waals surface area contributed by atoms with Crippen LogP contribution in [0.25, 0.3) is 0 Å². The Bertz CT molecular complexity index is 367. The van der Waals surface area contributed by atoms with E-state index in [0.29, 0.717) is 17.7 Å². The van der Waals surface area contributed by atoms with Gasteiger partial charge in [0.25, 0.3) is 0 Å². The molecule has 0 bridgehead atoms. The normalized spacial score (nSPS) is 9.73. The highest BCUT2D eigenvalue weighted by Crippen LogP contribution is 2.15. The van der Waals surface area contributed by atoms with Crippen molar-refractivity contribution in [3.63, 3.8) is 0 Å². The number of Topliss-reactive ketones (excluding diaryl/α,β-unsaturated/α-hetero) is 1. The number of hydrogen-bond acceptors (Lipinski definition) is 2. The maximum Gasteiger partial charge on any atom is 0.188 e. The van der Waals surface area contributed by atoms with Gasteiger partial charge in [-0.1, -0.05) is 25.6 Å². The smallest absolute Gasteiger partial charge is 0.188 e. The molecule has 0 amide bonds. The summed E-state index contributed by atoms with van der Waals surface area (Å²) in [4.78, 5) is 11.6. The predicted octanol–water partition coefficient (Wildman–Crippen LogP) is 3.23. The van der Waals surface area contributed by atoms with Crippen LogP contribution in [0.5, 0.6) is 5.75 Å². The summed E-state index contributed by atoms with van der Waals surface area (Å²) < 4.78 is 5.44. The summed E-state index contributed by atoms with van der Waals surface area (Å²) in [6.07, 6.45) is 0.957. The van der Waals surface area contributed by atoms with Crippen molar-refractivity contribution in [2.45, 2.75) is 20.3 Å². The zero-order chi connectivity index (χ0) is 11.3. The Morgan fingerprint density at radius 2 is 2.20 bits per heavy atom. The second kappa shape index (κ2) is 5.35. The lowest BCUT2D eigenvalue weighted by Crippen LogP contribution is -2.01. The topological polar surface area (TPSA) is 26.3 Å². The molecule has 2 nitrogen and oxygen atoms in total. The molecule has 2 heteroatoms. The van der Waals surface area contributed by atoms with Gasteiger partial charge in [0.15, 0.2) is 5.78 Å². The first-order valence-electron chi connectivity index (χ1n) is 5.08. The number of ketones is 1. The summed E-state index contributed by atoms with van der Waals surface area (Å²) in [5.41, 5.74) is 1.18. The van der Waals surface area contributed by atoms with E-state index in [1.165, 1.54) is 0 Å². The number of ether oxygens (including phenoxy) is 1. The Morgan fingerprint density at radius 1 is 1.47 bits per heavy atom. The molecule has 0 aliphatic carbocycles. The van der Waals surface area contributed by atoms with E-state index in [4.69, 9.17) is 4.74 Å². The number of rotatable bonds is 5. The van der Waals surface area contributed by atoms with E-state index >= 15 is 0 Å². The molecule has 0 fully saturated rings. The van der Waals surface area contributed by atoms with Crippen molar-refractivity contribution in [1.82, 2.24) is 0 Å². The third-order valence-corrected chi connectivity index (χ3v) is 1.96. The van der Waals surface area contributed by atoms with Crippen molar-refractivity contribution in [2.24, 2.45) is 0 Å². The fourth-order valence-corrected chi connectivity index (χ4v) is 1.19. The van der Waals surface area contributed by atoms with E-state index in [1.807, 2.05) is 19.1 Å². The third kappa shape index (κ3) is 3.24. The van der Waals surface area contributed by atoms with Gasteiger partial charge in [-0.3, -0.25) is 4.79 Å². The summed E-state index contributed by atoms with van der Waals surface area (Å²) >= 11 is 0. The first-order chi connectivity index (χ1) is 7.15. The maximum absolute atomic E-state index is 11.6. The lowest BCUT2D eigenvalue weighted by atomic mass is 10.1. The third-order valence-electron chi connectivity index (χ3n) is 1.96. The number of carbonyl (C=O) groups excluding carboxylic acids is 1. The second-order valence-corrected chi connectivity index (χ2v) is 3.49. The summed E-state index contributed by atoms with van der Waals surface area (Å²) in [5, 5.41) is 0. The molecule has 0 radical (unpaired) electrons. The largest absolute Gasteiger partial charge is 0.494 e. The number of allylic oxidation sites excluding steroid dienone is 1. The summed E-state index contributed by atoms with van der Waals surface area (Å²) in [6, 6.07) is 7.20. The molecule has 1 aromatic rings. The van der Waals surface area contributed by atoms with Crippen LogP contribution in [0.1, 0.15) is 30.6 Å². The van der Waals surface area contributed by atoms with Gasteiger partial charge in [0, 0.05) is 5.56 Å². The lowest BCUT2D eigenvalue weighted by molar-refractivity contribution is 0.103. The quantitative estimate of drug-likeness (QED) is 0.543. The van der Waals surface area contributed by atoms with Crippen molar-refractivity contribution >= 4 is 5.78 Å². The van der Waals surface area contributed by atoms with E-state index in [1.54, 1.807) is 19.1 Å². The Labute approximate surface area is 90.6 Å². The van der Waals surface area contributed by atoms with E-state index in [0.717, 1.165) is 12.2 Å². The molecule has 0 saturated carbocycles. The van der Waals surface area contributed by atoms with Crippen molar-refractivity contribution in [2.75, 3.05) is 6.61 Å². The highest BCUT2D eigenvalue weighted by atomic mass is 16.5. The zero-order valence-corrected chi connectivity index (χ0v) is 9.25. The second-order valence-electron chi connectivity index (χ2n) is 3.49. The summed E-state index contributed by atoms with van der Waals surface area (Å²) in [5.74, 6) is 0.709. The molecule has 0 aromatic heterocycles. The van der Waals surface area contributed by atoms with Gasteiger partial charge in [-0.25, -0.2) is 0 Å². The van der Waals surface area contributed by atoms with E-state index in [-0.39, 0.29) is 5.78 Å². The van der Waals surface area contributed by atoms with Crippen LogP contribution in [0.2, 0.25) is 0 Å². The molecule has 0 unspecified atom stereocenters. The van der Waals surface area contributed by atoms with Crippen molar-refractivity contribution in [1.29, 1.82) is 0 Å². The first-order valence-corrected chi connectivity index (χ1v) is 5.08. The maximum atomic E-state index is 11.6. The van der Waals surface area contributed by atoms with Gasteiger partial charge < -0.3 is 4.74 Å². The average Bonchev–Trinajstić information content (AvgIpc) is 2.25. The Hall–Kier alpha value is -1.57. The van der Waals surface area contributed by atoms with Gasteiger partial charge in [0.2, 0.25) is 0 Å². The SMILES string of the molecule is C=C(C)C(=O)c1cccc(OCCC)c1. The van der Waals surface area contributed by atoms with Gasteiger partial charge >= 0.3 is 0 Å². The molecule has 0 heterocycles. The average molecular weight is 204 g/mol. The fraction of sp³-hybridized carbons (Fsp3) is 0.308. The minimum atomic E-state index is -0.0306. The van der Waals surface area contributed by atoms with Gasteiger partial charge in [0.1, 0.15) is 5.75 Å². The molecule has 1 rings (SSSR count). The van der Waals surface area contributed by atoms with Crippen LogP contribution in [-0.2, 0) is 0 Å². The van der Waals surface area contributed by atoms with Crippen LogP contribution in [0.3, 0.4) is 0 Å². The number of hydrogen-bond donors (Lipinski definition) is 0.